The van der Waals surface area contributed by atoms with Crippen LogP contribution >= 0.6 is 0 Å². The molecule has 2 heterocycles. The second-order valence-corrected chi connectivity index (χ2v) is 5.15. The molecule has 1 aliphatic rings. The number of aromatic nitrogens is 2. The second kappa shape index (κ2) is 5.65. The van der Waals surface area contributed by atoms with E-state index >= 15 is 0 Å². The van der Waals surface area contributed by atoms with Crippen LogP contribution in [-0.2, 0) is 17.8 Å². The van der Waals surface area contributed by atoms with Crippen molar-refractivity contribution in [3.8, 4) is 0 Å². The SMILES string of the molecule is CCCn1cncc1CNC1(C)CCCOC1. The molecule has 1 saturated heterocycles. The summed E-state index contributed by atoms with van der Waals surface area (Å²) < 4.78 is 7.77. The number of hydrogen-bond donors (Lipinski definition) is 1. The molecule has 0 amide bonds. The van der Waals surface area contributed by atoms with Gasteiger partial charge in [-0.25, -0.2) is 4.98 Å². The fraction of sp³-hybridized carbons (Fsp3) is 0.769. The maximum Gasteiger partial charge on any atom is 0.0948 e. The summed E-state index contributed by atoms with van der Waals surface area (Å²) in [4.78, 5) is 4.22. The van der Waals surface area contributed by atoms with Crippen molar-refractivity contribution in [2.45, 2.75) is 51.7 Å². The van der Waals surface area contributed by atoms with Crippen LogP contribution < -0.4 is 5.32 Å². The van der Waals surface area contributed by atoms with Crippen LogP contribution in [0.3, 0.4) is 0 Å². The number of nitrogens with one attached hydrogen (secondary N) is 1. The number of rotatable bonds is 5. The Balaban J connectivity index is 1.90. The smallest absolute Gasteiger partial charge is 0.0948 e. The highest BCUT2D eigenvalue weighted by molar-refractivity contribution is 5.00. The predicted molar refractivity (Wildman–Crippen MR) is 67.8 cm³/mol. The van der Waals surface area contributed by atoms with Gasteiger partial charge in [-0.05, 0) is 26.2 Å². The Bertz CT molecular complexity index is 342. The van der Waals surface area contributed by atoms with Gasteiger partial charge in [0, 0.05) is 31.4 Å². The lowest BCUT2D eigenvalue weighted by Crippen LogP contribution is -2.48. The molecular formula is C13H23N3O. The van der Waals surface area contributed by atoms with Gasteiger partial charge in [0.2, 0.25) is 0 Å². The third-order valence-corrected chi connectivity index (χ3v) is 3.40. The largest absolute Gasteiger partial charge is 0.380 e. The molecule has 1 N–H and O–H groups in total. The summed E-state index contributed by atoms with van der Waals surface area (Å²) in [5, 5.41) is 3.61. The standard InChI is InChI=1S/C13H23N3O/c1-3-6-16-11-14-8-12(16)9-15-13(2)5-4-7-17-10-13/h8,11,15H,3-7,9-10H2,1-2H3. The van der Waals surface area contributed by atoms with Crippen molar-refractivity contribution in [2.24, 2.45) is 0 Å². The molecular weight excluding hydrogens is 214 g/mol. The molecule has 4 heteroatoms. The highest BCUT2D eigenvalue weighted by Crippen LogP contribution is 2.18. The third-order valence-electron chi connectivity index (χ3n) is 3.40. The first-order valence-electron chi connectivity index (χ1n) is 6.55. The van der Waals surface area contributed by atoms with Gasteiger partial charge in [-0.2, -0.15) is 0 Å². The van der Waals surface area contributed by atoms with Crippen molar-refractivity contribution in [3.05, 3.63) is 18.2 Å². The lowest BCUT2D eigenvalue weighted by Gasteiger charge is -2.34. The summed E-state index contributed by atoms with van der Waals surface area (Å²) in [7, 11) is 0. The summed E-state index contributed by atoms with van der Waals surface area (Å²) in [6.45, 7) is 8.07. The van der Waals surface area contributed by atoms with Crippen LogP contribution in [0.25, 0.3) is 0 Å². The normalized spacial score (nSPS) is 25.1. The zero-order chi connectivity index (χ0) is 12.1. The maximum atomic E-state index is 5.55. The topological polar surface area (TPSA) is 39.1 Å². The fourth-order valence-electron chi connectivity index (χ4n) is 2.31. The number of nitrogens with zero attached hydrogens (tertiary/aromatic N) is 2. The van der Waals surface area contributed by atoms with Crippen LogP contribution in [0, 0.1) is 0 Å². The van der Waals surface area contributed by atoms with Crippen molar-refractivity contribution < 1.29 is 4.74 Å². The van der Waals surface area contributed by atoms with Crippen LogP contribution in [0.4, 0.5) is 0 Å². The van der Waals surface area contributed by atoms with Gasteiger partial charge in [0.1, 0.15) is 0 Å². The van der Waals surface area contributed by atoms with E-state index in [1.165, 1.54) is 12.1 Å². The molecule has 1 fully saturated rings. The van der Waals surface area contributed by atoms with Gasteiger partial charge in [-0.3, -0.25) is 0 Å². The quantitative estimate of drug-likeness (QED) is 0.850. The Morgan fingerprint density at radius 1 is 1.59 bits per heavy atom. The van der Waals surface area contributed by atoms with E-state index in [0.717, 1.165) is 39.1 Å². The molecule has 1 aromatic heterocycles. The first-order chi connectivity index (χ1) is 8.23. The van der Waals surface area contributed by atoms with Crippen LogP contribution in [0.1, 0.15) is 38.8 Å². The first-order valence-corrected chi connectivity index (χ1v) is 6.55. The van der Waals surface area contributed by atoms with Crippen LogP contribution in [0.5, 0.6) is 0 Å². The molecule has 0 saturated carbocycles. The van der Waals surface area contributed by atoms with E-state index in [-0.39, 0.29) is 5.54 Å². The zero-order valence-electron chi connectivity index (χ0n) is 10.9. The Hall–Kier alpha value is -0.870. The molecule has 4 nitrogen and oxygen atoms in total. The number of imidazole rings is 1. The zero-order valence-corrected chi connectivity index (χ0v) is 10.9. The Kier molecular flexibility index (Phi) is 4.18. The summed E-state index contributed by atoms with van der Waals surface area (Å²) in [6.07, 6.45) is 7.35. The van der Waals surface area contributed by atoms with Crippen molar-refractivity contribution in [1.29, 1.82) is 0 Å². The Morgan fingerprint density at radius 2 is 2.47 bits per heavy atom. The minimum Gasteiger partial charge on any atom is -0.380 e. The first kappa shape index (κ1) is 12.6. The molecule has 2 rings (SSSR count). The summed E-state index contributed by atoms with van der Waals surface area (Å²) in [6, 6.07) is 0. The molecule has 0 aliphatic carbocycles. The molecule has 17 heavy (non-hydrogen) atoms. The summed E-state index contributed by atoms with van der Waals surface area (Å²) in [5.74, 6) is 0. The van der Waals surface area contributed by atoms with Gasteiger partial charge >= 0.3 is 0 Å². The van der Waals surface area contributed by atoms with E-state index < -0.39 is 0 Å². The molecule has 1 aromatic rings. The highest BCUT2D eigenvalue weighted by atomic mass is 16.5. The Labute approximate surface area is 103 Å². The Morgan fingerprint density at radius 3 is 3.18 bits per heavy atom. The van der Waals surface area contributed by atoms with E-state index in [2.05, 4.69) is 28.7 Å². The van der Waals surface area contributed by atoms with E-state index in [0.29, 0.717) is 0 Å². The summed E-state index contributed by atoms with van der Waals surface area (Å²) in [5.41, 5.74) is 1.39. The van der Waals surface area contributed by atoms with E-state index in [4.69, 9.17) is 4.74 Å². The molecule has 1 atom stereocenters. The lowest BCUT2D eigenvalue weighted by atomic mass is 9.95. The molecule has 0 spiro atoms. The number of hydrogen-bond acceptors (Lipinski definition) is 3. The van der Waals surface area contributed by atoms with E-state index in [1.807, 2.05) is 12.5 Å². The van der Waals surface area contributed by atoms with Crippen molar-refractivity contribution in [3.63, 3.8) is 0 Å². The van der Waals surface area contributed by atoms with Crippen molar-refractivity contribution >= 4 is 0 Å². The predicted octanol–water partition coefficient (Wildman–Crippen LogP) is 1.95. The highest BCUT2D eigenvalue weighted by Gasteiger charge is 2.26. The van der Waals surface area contributed by atoms with Crippen LogP contribution in [0.2, 0.25) is 0 Å². The van der Waals surface area contributed by atoms with Gasteiger partial charge in [0.15, 0.2) is 0 Å². The maximum absolute atomic E-state index is 5.55. The molecule has 96 valence electrons. The minimum atomic E-state index is 0.125. The van der Waals surface area contributed by atoms with Crippen LogP contribution in [-0.4, -0.2) is 28.3 Å². The number of ether oxygens (including phenoxy) is 1. The average Bonchev–Trinajstić information content (AvgIpc) is 2.76. The molecule has 0 aromatic carbocycles. The number of aryl methyl sites for hydroxylation is 1. The van der Waals surface area contributed by atoms with E-state index in [1.54, 1.807) is 0 Å². The monoisotopic (exact) mass is 237 g/mol. The fourth-order valence-corrected chi connectivity index (χ4v) is 2.31. The van der Waals surface area contributed by atoms with Gasteiger partial charge in [0.25, 0.3) is 0 Å². The third kappa shape index (κ3) is 3.30. The molecule has 1 aliphatic heterocycles. The minimum absolute atomic E-state index is 0.125. The van der Waals surface area contributed by atoms with Crippen LogP contribution in [0.15, 0.2) is 12.5 Å². The van der Waals surface area contributed by atoms with Crippen molar-refractivity contribution in [1.82, 2.24) is 14.9 Å². The lowest BCUT2D eigenvalue weighted by molar-refractivity contribution is 0.0275. The molecule has 1 unspecified atom stereocenters. The molecule has 0 bridgehead atoms. The van der Waals surface area contributed by atoms with Gasteiger partial charge in [-0.15, -0.1) is 0 Å². The second-order valence-electron chi connectivity index (χ2n) is 5.15. The van der Waals surface area contributed by atoms with Gasteiger partial charge in [-0.1, -0.05) is 6.92 Å². The van der Waals surface area contributed by atoms with Gasteiger partial charge in [0.05, 0.1) is 18.6 Å². The summed E-state index contributed by atoms with van der Waals surface area (Å²) >= 11 is 0. The molecule has 0 radical (unpaired) electrons. The van der Waals surface area contributed by atoms with Crippen molar-refractivity contribution in [2.75, 3.05) is 13.2 Å². The van der Waals surface area contributed by atoms with E-state index in [9.17, 15) is 0 Å². The average molecular weight is 237 g/mol. The van der Waals surface area contributed by atoms with Gasteiger partial charge < -0.3 is 14.6 Å².